The van der Waals surface area contributed by atoms with Gasteiger partial charge in [-0.2, -0.15) is 0 Å². The summed E-state index contributed by atoms with van der Waals surface area (Å²) in [5.74, 6) is 1.12. The largest absolute Gasteiger partial charge is 0.299 e. The first-order valence-electron chi connectivity index (χ1n) is 5.83. The number of halogens is 1. The third-order valence-corrected chi connectivity index (χ3v) is 5.09. The molecule has 1 fully saturated rings. The van der Waals surface area contributed by atoms with Gasteiger partial charge in [-0.1, -0.05) is 15.9 Å². The van der Waals surface area contributed by atoms with Gasteiger partial charge in [0.1, 0.15) is 5.78 Å². The van der Waals surface area contributed by atoms with Crippen molar-refractivity contribution in [1.82, 2.24) is 0 Å². The number of hydrogen-bond donors (Lipinski definition) is 0. The van der Waals surface area contributed by atoms with E-state index in [1.165, 1.54) is 0 Å². The van der Waals surface area contributed by atoms with Crippen LogP contribution in [-0.4, -0.2) is 15.7 Å². The first-order chi connectivity index (χ1) is 8.16. The molecule has 0 spiro atoms. The van der Waals surface area contributed by atoms with E-state index >= 15 is 0 Å². The Morgan fingerprint density at radius 1 is 1.29 bits per heavy atom. The summed E-state index contributed by atoms with van der Waals surface area (Å²) in [7, 11) is -0.976. The molecule has 1 aliphatic carbocycles. The number of Topliss-reactive ketones (excluding diaryl/α,β-unsaturated/α-hetero) is 1. The molecular formula is C13H15BrO2S. The van der Waals surface area contributed by atoms with Gasteiger partial charge in [0.15, 0.2) is 0 Å². The summed E-state index contributed by atoms with van der Waals surface area (Å²) in [4.78, 5) is 12.3. The first kappa shape index (κ1) is 13.0. The molecular weight excluding hydrogens is 300 g/mol. The number of hydrogen-bond acceptors (Lipinski definition) is 2. The number of benzene rings is 1. The molecule has 1 saturated carbocycles. The van der Waals surface area contributed by atoms with Crippen LogP contribution in [0.1, 0.15) is 25.7 Å². The zero-order chi connectivity index (χ0) is 12.3. The van der Waals surface area contributed by atoms with Crippen LogP contribution in [0.25, 0.3) is 0 Å². The van der Waals surface area contributed by atoms with Crippen molar-refractivity contribution in [2.24, 2.45) is 5.92 Å². The minimum absolute atomic E-state index is 0.161. The Morgan fingerprint density at radius 3 is 2.59 bits per heavy atom. The van der Waals surface area contributed by atoms with E-state index in [1.54, 1.807) is 0 Å². The van der Waals surface area contributed by atoms with E-state index in [9.17, 15) is 9.00 Å². The Kier molecular flexibility index (Phi) is 4.51. The average molecular weight is 315 g/mol. The van der Waals surface area contributed by atoms with Crippen molar-refractivity contribution in [3.63, 3.8) is 0 Å². The van der Waals surface area contributed by atoms with Gasteiger partial charge in [-0.25, -0.2) is 0 Å². The molecule has 4 heteroatoms. The van der Waals surface area contributed by atoms with Crippen molar-refractivity contribution in [1.29, 1.82) is 0 Å². The molecule has 0 heterocycles. The van der Waals surface area contributed by atoms with Crippen LogP contribution in [0.3, 0.4) is 0 Å². The van der Waals surface area contributed by atoms with Crippen LogP contribution in [0.15, 0.2) is 33.6 Å². The highest BCUT2D eigenvalue weighted by Gasteiger charge is 2.24. The Labute approximate surface area is 112 Å². The monoisotopic (exact) mass is 314 g/mol. The van der Waals surface area contributed by atoms with Crippen molar-refractivity contribution < 1.29 is 9.00 Å². The van der Waals surface area contributed by atoms with Crippen molar-refractivity contribution in [2.75, 3.05) is 5.75 Å². The Bertz CT molecular complexity index is 428. The van der Waals surface area contributed by atoms with E-state index in [0.717, 1.165) is 35.1 Å². The number of rotatable bonds is 4. The Balaban J connectivity index is 1.89. The minimum atomic E-state index is -0.976. The van der Waals surface area contributed by atoms with Crippen LogP contribution < -0.4 is 0 Å². The highest BCUT2D eigenvalue weighted by molar-refractivity contribution is 9.10. The maximum absolute atomic E-state index is 12.0. The second-order valence-electron chi connectivity index (χ2n) is 4.35. The molecule has 0 N–H and O–H groups in total. The lowest BCUT2D eigenvalue weighted by atomic mass is 10.1. The molecule has 1 aromatic rings. The maximum atomic E-state index is 12.0. The Hall–Kier alpha value is -0.480. The molecule has 0 radical (unpaired) electrons. The molecule has 0 saturated heterocycles. The summed E-state index contributed by atoms with van der Waals surface area (Å²) < 4.78 is 13.0. The highest BCUT2D eigenvalue weighted by Crippen LogP contribution is 2.25. The lowest BCUT2D eigenvalue weighted by molar-refractivity contribution is -0.120. The van der Waals surface area contributed by atoms with Gasteiger partial charge >= 0.3 is 0 Å². The average Bonchev–Trinajstić information content (AvgIpc) is 2.73. The zero-order valence-electron chi connectivity index (χ0n) is 9.52. The summed E-state index contributed by atoms with van der Waals surface area (Å²) in [6.45, 7) is 0. The maximum Gasteiger partial charge on any atom is 0.136 e. The molecule has 2 atom stereocenters. The standard InChI is InChI=1S/C13H15BrO2S/c14-11-4-6-12(7-5-11)17(16)9-8-10-2-1-3-13(10)15/h4-7,10H,1-3,8-9H2. The van der Waals surface area contributed by atoms with E-state index in [4.69, 9.17) is 0 Å². The first-order valence-corrected chi connectivity index (χ1v) is 7.94. The van der Waals surface area contributed by atoms with Gasteiger partial charge in [0.2, 0.25) is 0 Å². The van der Waals surface area contributed by atoms with Gasteiger partial charge in [-0.15, -0.1) is 0 Å². The highest BCUT2D eigenvalue weighted by atomic mass is 79.9. The Morgan fingerprint density at radius 2 is 2.00 bits per heavy atom. The van der Waals surface area contributed by atoms with E-state index in [2.05, 4.69) is 15.9 Å². The van der Waals surface area contributed by atoms with Crippen LogP contribution in [0, 0.1) is 5.92 Å². The third kappa shape index (κ3) is 3.49. The van der Waals surface area contributed by atoms with Crippen LogP contribution in [0.4, 0.5) is 0 Å². The number of carbonyl (C=O) groups is 1. The van der Waals surface area contributed by atoms with Crippen molar-refractivity contribution in [2.45, 2.75) is 30.6 Å². The molecule has 2 nitrogen and oxygen atoms in total. The summed E-state index contributed by atoms with van der Waals surface area (Å²) in [5.41, 5.74) is 0. The van der Waals surface area contributed by atoms with Crippen LogP contribution >= 0.6 is 15.9 Å². The van der Waals surface area contributed by atoms with Crippen molar-refractivity contribution in [3.05, 3.63) is 28.7 Å². The molecule has 0 aromatic heterocycles. The summed E-state index contributed by atoms with van der Waals surface area (Å²) in [6, 6.07) is 7.54. The quantitative estimate of drug-likeness (QED) is 0.854. The fourth-order valence-corrected chi connectivity index (χ4v) is 3.58. The van der Waals surface area contributed by atoms with E-state index in [0.29, 0.717) is 11.5 Å². The lowest BCUT2D eigenvalue weighted by Gasteiger charge is -2.07. The van der Waals surface area contributed by atoms with Gasteiger partial charge in [0.25, 0.3) is 0 Å². The molecule has 0 amide bonds. The molecule has 92 valence electrons. The fourth-order valence-electron chi connectivity index (χ4n) is 2.15. The number of carbonyl (C=O) groups excluding carboxylic acids is 1. The lowest BCUT2D eigenvalue weighted by Crippen LogP contribution is -2.10. The summed E-state index contributed by atoms with van der Waals surface area (Å²) in [6.07, 6.45) is 3.47. The third-order valence-electron chi connectivity index (χ3n) is 3.16. The molecule has 0 bridgehead atoms. The summed E-state index contributed by atoms with van der Waals surface area (Å²) >= 11 is 3.35. The molecule has 1 aromatic carbocycles. The predicted octanol–water partition coefficient (Wildman–Crippen LogP) is 3.32. The van der Waals surface area contributed by atoms with Crippen molar-refractivity contribution in [3.8, 4) is 0 Å². The fraction of sp³-hybridized carbons (Fsp3) is 0.462. The predicted molar refractivity (Wildman–Crippen MR) is 72.4 cm³/mol. The normalized spacial score (nSPS) is 21.7. The van der Waals surface area contributed by atoms with E-state index < -0.39 is 10.8 Å². The molecule has 2 rings (SSSR count). The second kappa shape index (κ2) is 5.91. The van der Waals surface area contributed by atoms with Gasteiger partial charge in [0.05, 0.1) is 10.8 Å². The minimum Gasteiger partial charge on any atom is -0.299 e. The van der Waals surface area contributed by atoms with Crippen LogP contribution in [0.2, 0.25) is 0 Å². The van der Waals surface area contributed by atoms with E-state index in [-0.39, 0.29) is 5.92 Å². The zero-order valence-corrected chi connectivity index (χ0v) is 11.9. The molecule has 0 aliphatic heterocycles. The molecule has 1 aliphatic rings. The number of ketones is 1. The van der Waals surface area contributed by atoms with Gasteiger partial charge in [0, 0.05) is 27.5 Å². The van der Waals surface area contributed by atoms with Gasteiger partial charge in [-0.05, 0) is 43.5 Å². The smallest absolute Gasteiger partial charge is 0.136 e. The SMILES string of the molecule is O=C1CCCC1CCS(=O)c1ccc(Br)cc1. The van der Waals surface area contributed by atoms with Crippen molar-refractivity contribution >= 4 is 32.5 Å². The molecule has 17 heavy (non-hydrogen) atoms. The summed E-state index contributed by atoms with van der Waals surface area (Å²) in [5, 5.41) is 0. The van der Waals surface area contributed by atoms with Gasteiger partial charge in [-0.3, -0.25) is 9.00 Å². The molecule has 2 unspecified atom stereocenters. The second-order valence-corrected chi connectivity index (χ2v) is 6.83. The van der Waals surface area contributed by atoms with Crippen LogP contribution in [-0.2, 0) is 15.6 Å². The topological polar surface area (TPSA) is 34.1 Å². The van der Waals surface area contributed by atoms with Gasteiger partial charge < -0.3 is 0 Å². The van der Waals surface area contributed by atoms with Crippen LogP contribution in [0.5, 0.6) is 0 Å². The van der Waals surface area contributed by atoms with E-state index in [1.807, 2.05) is 24.3 Å².